The molecule has 1 aromatic carbocycles. The van der Waals surface area contributed by atoms with E-state index in [1.807, 2.05) is 47.2 Å². The van der Waals surface area contributed by atoms with E-state index in [1.54, 1.807) is 24.9 Å². The normalized spacial score (nSPS) is 10.4. The number of hydrogen-bond acceptors (Lipinski definition) is 3. The zero-order valence-electron chi connectivity index (χ0n) is 12.0. The minimum atomic E-state index is -0.0778. The van der Waals surface area contributed by atoms with Crippen molar-refractivity contribution < 1.29 is 4.79 Å². The summed E-state index contributed by atoms with van der Waals surface area (Å²) in [4.78, 5) is 20.1. The molecule has 0 aliphatic rings. The molecule has 0 aliphatic heterocycles. The molecule has 0 spiro atoms. The van der Waals surface area contributed by atoms with Crippen molar-refractivity contribution >= 4 is 5.91 Å². The van der Waals surface area contributed by atoms with E-state index < -0.39 is 0 Å². The molecule has 5 nitrogen and oxygen atoms in total. The highest BCUT2D eigenvalue weighted by molar-refractivity contribution is 5.94. The quantitative estimate of drug-likeness (QED) is 0.784. The van der Waals surface area contributed by atoms with Gasteiger partial charge in [-0.2, -0.15) is 0 Å². The maximum atomic E-state index is 12.1. The Kier molecular flexibility index (Phi) is 4.25. The monoisotopic (exact) mass is 292 g/mol. The second-order valence-electron chi connectivity index (χ2n) is 4.97. The fraction of sp³-hybridized carbons (Fsp3) is 0.118. The van der Waals surface area contributed by atoms with E-state index in [0.29, 0.717) is 12.1 Å². The first-order valence-electron chi connectivity index (χ1n) is 7.03. The Morgan fingerprint density at radius 2 is 1.73 bits per heavy atom. The molecule has 3 rings (SSSR count). The molecule has 2 aromatic heterocycles. The van der Waals surface area contributed by atoms with Gasteiger partial charge in [0.15, 0.2) is 0 Å². The smallest absolute Gasteiger partial charge is 0.251 e. The zero-order valence-corrected chi connectivity index (χ0v) is 12.0. The summed E-state index contributed by atoms with van der Waals surface area (Å²) in [6.07, 6.45) is 8.87. The lowest BCUT2D eigenvalue weighted by Gasteiger charge is -2.07. The number of carbonyl (C=O) groups excluding carboxylic acids is 1. The van der Waals surface area contributed by atoms with Crippen molar-refractivity contribution in [2.24, 2.45) is 0 Å². The number of imidazole rings is 1. The average molecular weight is 292 g/mol. The van der Waals surface area contributed by atoms with Gasteiger partial charge in [-0.3, -0.25) is 9.78 Å². The van der Waals surface area contributed by atoms with Crippen molar-refractivity contribution in [3.63, 3.8) is 0 Å². The van der Waals surface area contributed by atoms with Crippen molar-refractivity contribution in [1.82, 2.24) is 19.9 Å². The van der Waals surface area contributed by atoms with Crippen LogP contribution in [0, 0.1) is 0 Å². The Morgan fingerprint density at radius 3 is 2.41 bits per heavy atom. The molecule has 0 fully saturated rings. The Labute approximate surface area is 128 Å². The van der Waals surface area contributed by atoms with Gasteiger partial charge in [0.25, 0.3) is 5.91 Å². The molecular weight excluding hydrogens is 276 g/mol. The maximum Gasteiger partial charge on any atom is 0.251 e. The molecule has 0 atom stereocenters. The summed E-state index contributed by atoms with van der Waals surface area (Å²) in [5.74, 6) is -0.0778. The van der Waals surface area contributed by atoms with Crippen LogP contribution in [0.5, 0.6) is 0 Å². The second-order valence-corrected chi connectivity index (χ2v) is 4.97. The SMILES string of the molecule is O=C(NCc1ccncc1)c1ccc(Cn2ccnc2)cc1. The summed E-state index contributed by atoms with van der Waals surface area (Å²) < 4.78 is 1.98. The summed E-state index contributed by atoms with van der Waals surface area (Å²) in [6, 6.07) is 11.4. The number of nitrogens with zero attached hydrogens (tertiary/aromatic N) is 3. The van der Waals surface area contributed by atoms with E-state index in [1.165, 1.54) is 0 Å². The number of pyridine rings is 1. The fourth-order valence-corrected chi connectivity index (χ4v) is 2.14. The van der Waals surface area contributed by atoms with Crippen molar-refractivity contribution in [2.45, 2.75) is 13.1 Å². The summed E-state index contributed by atoms with van der Waals surface area (Å²) in [6.45, 7) is 1.25. The van der Waals surface area contributed by atoms with E-state index in [0.717, 1.165) is 17.7 Å². The van der Waals surface area contributed by atoms with Crippen LogP contribution in [0.4, 0.5) is 0 Å². The van der Waals surface area contributed by atoms with Gasteiger partial charge in [-0.25, -0.2) is 4.98 Å². The molecule has 3 aromatic rings. The molecule has 22 heavy (non-hydrogen) atoms. The van der Waals surface area contributed by atoms with Crippen molar-refractivity contribution in [3.05, 3.63) is 84.2 Å². The number of aromatic nitrogens is 3. The Bertz CT molecular complexity index is 721. The third-order valence-corrected chi connectivity index (χ3v) is 3.34. The number of amides is 1. The van der Waals surface area contributed by atoms with Crippen LogP contribution in [0.25, 0.3) is 0 Å². The number of rotatable bonds is 5. The van der Waals surface area contributed by atoms with Gasteiger partial charge in [0.1, 0.15) is 0 Å². The second kappa shape index (κ2) is 6.67. The number of carbonyl (C=O) groups is 1. The fourth-order valence-electron chi connectivity index (χ4n) is 2.14. The molecule has 0 aliphatic carbocycles. The summed E-state index contributed by atoms with van der Waals surface area (Å²) in [5.41, 5.74) is 2.81. The maximum absolute atomic E-state index is 12.1. The first-order chi connectivity index (χ1) is 10.8. The van der Waals surface area contributed by atoms with Crippen LogP contribution >= 0.6 is 0 Å². The van der Waals surface area contributed by atoms with Crippen molar-refractivity contribution in [2.75, 3.05) is 0 Å². The van der Waals surface area contributed by atoms with Gasteiger partial charge >= 0.3 is 0 Å². The van der Waals surface area contributed by atoms with Gasteiger partial charge < -0.3 is 9.88 Å². The van der Waals surface area contributed by atoms with Gasteiger partial charge in [-0.05, 0) is 35.4 Å². The lowest BCUT2D eigenvalue weighted by atomic mass is 10.1. The largest absolute Gasteiger partial charge is 0.348 e. The van der Waals surface area contributed by atoms with Crippen LogP contribution in [0.3, 0.4) is 0 Å². The number of nitrogens with one attached hydrogen (secondary N) is 1. The topological polar surface area (TPSA) is 59.8 Å². The minimum Gasteiger partial charge on any atom is -0.348 e. The number of benzene rings is 1. The van der Waals surface area contributed by atoms with Gasteiger partial charge in [0.05, 0.1) is 6.33 Å². The van der Waals surface area contributed by atoms with Crippen LogP contribution in [-0.2, 0) is 13.1 Å². The molecule has 5 heteroatoms. The lowest BCUT2D eigenvalue weighted by molar-refractivity contribution is 0.0951. The lowest BCUT2D eigenvalue weighted by Crippen LogP contribution is -2.22. The van der Waals surface area contributed by atoms with Gasteiger partial charge in [0.2, 0.25) is 0 Å². The standard InChI is InChI=1S/C17H16N4O/c22-17(20-11-14-5-7-18-8-6-14)16-3-1-15(2-4-16)12-21-10-9-19-13-21/h1-10,13H,11-12H2,(H,20,22). The molecule has 110 valence electrons. The molecule has 0 bridgehead atoms. The summed E-state index contributed by atoms with van der Waals surface area (Å²) in [7, 11) is 0. The highest BCUT2D eigenvalue weighted by Gasteiger charge is 2.05. The average Bonchev–Trinajstić information content (AvgIpc) is 3.07. The third-order valence-electron chi connectivity index (χ3n) is 3.34. The van der Waals surface area contributed by atoms with Crippen LogP contribution in [0.15, 0.2) is 67.5 Å². The van der Waals surface area contributed by atoms with E-state index in [2.05, 4.69) is 15.3 Å². The molecule has 0 radical (unpaired) electrons. The Hall–Kier alpha value is -2.95. The molecular formula is C17H16N4O. The van der Waals surface area contributed by atoms with E-state index in [4.69, 9.17) is 0 Å². The first-order valence-corrected chi connectivity index (χ1v) is 7.03. The van der Waals surface area contributed by atoms with E-state index >= 15 is 0 Å². The molecule has 0 saturated carbocycles. The molecule has 1 N–H and O–H groups in total. The van der Waals surface area contributed by atoms with Crippen LogP contribution in [0.2, 0.25) is 0 Å². The van der Waals surface area contributed by atoms with Gasteiger partial charge in [-0.15, -0.1) is 0 Å². The highest BCUT2D eigenvalue weighted by atomic mass is 16.1. The number of hydrogen-bond donors (Lipinski definition) is 1. The molecule has 2 heterocycles. The van der Waals surface area contributed by atoms with Gasteiger partial charge in [0, 0.05) is 43.4 Å². The van der Waals surface area contributed by atoms with Crippen LogP contribution in [-0.4, -0.2) is 20.4 Å². The minimum absolute atomic E-state index is 0.0778. The van der Waals surface area contributed by atoms with Crippen LogP contribution < -0.4 is 5.32 Å². The highest BCUT2D eigenvalue weighted by Crippen LogP contribution is 2.07. The van der Waals surface area contributed by atoms with E-state index in [-0.39, 0.29) is 5.91 Å². The van der Waals surface area contributed by atoms with Crippen molar-refractivity contribution in [1.29, 1.82) is 0 Å². The summed E-state index contributed by atoms with van der Waals surface area (Å²) in [5, 5.41) is 2.90. The van der Waals surface area contributed by atoms with E-state index in [9.17, 15) is 4.79 Å². The van der Waals surface area contributed by atoms with Gasteiger partial charge in [-0.1, -0.05) is 12.1 Å². The zero-order chi connectivity index (χ0) is 15.2. The summed E-state index contributed by atoms with van der Waals surface area (Å²) >= 11 is 0. The van der Waals surface area contributed by atoms with Crippen molar-refractivity contribution in [3.8, 4) is 0 Å². The van der Waals surface area contributed by atoms with Crippen LogP contribution in [0.1, 0.15) is 21.5 Å². The Balaban J connectivity index is 1.59. The molecule has 0 unspecified atom stereocenters. The predicted molar refractivity (Wildman–Crippen MR) is 83.2 cm³/mol. The predicted octanol–water partition coefficient (Wildman–Crippen LogP) is 2.26. The molecule has 0 saturated heterocycles. The molecule has 1 amide bonds. The Morgan fingerprint density at radius 1 is 0.955 bits per heavy atom. The first kappa shape index (κ1) is 14.0. The third kappa shape index (κ3) is 3.58.